The number of halogens is 2. The van der Waals surface area contributed by atoms with Crippen molar-refractivity contribution in [3.05, 3.63) is 105 Å². The first-order valence-corrected chi connectivity index (χ1v) is 13.7. The molecule has 14 heteroatoms. The second kappa shape index (κ2) is 12.9. The molecule has 0 spiro atoms. The van der Waals surface area contributed by atoms with Crippen molar-refractivity contribution >= 4 is 46.6 Å². The summed E-state index contributed by atoms with van der Waals surface area (Å²) in [7, 11) is 0. The average molecular weight is 609 g/mol. The SMILES string of the molecule is CCOC(=O)Cn1ccc(NC(=O)[C@H](Cc2ccccc2)n2cnc(-c3cc(Cl)ccc3N3C=C(Cl)NN3)cc2=O)n1. The van der Waals surface area contributed by atoms with E-state index in [-0.39, 0.29) is 25.4 Å². The normalized spacial score (nSPS) is 13.3. The van der Waals surface area contributed by atoms with Crippen LogP contribution in [0, 0.1) is 0 Å². The second-order valence-corrected chi connectivity index (χ2v) is 10.0. The van der Waals surface area contributed by atoms with Gasteiger partial charge in [0.1, 0.15) is 17.7 Å². The molecule has 2 aromatic heterocycles. The molecule has 0 radical (unpaired) electrons. The van der Waals surface area contributed by atoms with Gasteiger partial charge in [-0.1, -0.05) is 53.5 Å². The van der Waals surface area contributed by atoms with E-state index < -0.39 is 23.5 Å². The van der Waals surface area contributed by atoms with E-state index in [0.29, 0.717) is 27.1 Å². The lowest BCUT2D eigenvalue weighted by Crippen LogP contribution is -2.36. The second-order valence-electron chi connectivity index (χ2n) is 9.16. The van der Waals surface area contributed by atoms with Crippen molar-refractivity contribution < 1.29 is 14.3 Å². The van der Waals surface area contributed by atoms with Gasteiger partial charge in [0.05, 0.1) is 30.5 Å². The number of nitrogens with one attached hydrogen (secondary N) is 3. The number of ether oxygens (including phenoxy) is 1. The number of hydrogen-bond acceptors (Lipinski definition) is 9. The number of hydrogen-bond donors (Lipinski definition) is 3. The molecule has 5 rings (SSSR count). The molecule has 0 saturated heterocycles. The first-order valence-electron chi connectivity index (χ1n) is 12.9. The first-order chi connectivity index (χ1) is 20.3. The highest BCUT2D eigenvalue weighted by atomic mass is 35.5. The zero-order valence-corrected chi connectivity index (χ0v) is 23.8. The van der Waals surface area contributed by atoms with Crippen LogP contribution in [-0.4, -0.2) is 37.8 Å². The number of esters is 1. The van der Waals surface area contributed by atoms with E-state index in [1.54, 1.807) is 48.6 Å². The number of hydrazine groups is 2. The molecule has 2 aromatic carbocycles. The third kappa shape index (κ3) is 6.79. The standard InChI is InChI=1S/C28H26Cl2N8O4/c1-2-42-27(40)16-36-11-10-25(34-36)32-28(41)23(12-18-6-4-3-5-7-18)37-17-31-21(14-26(37)39)20-13-19(29)8-9-22(20)38-15-24(30)33-35-38/h3-11,13-15,17,23,33,35H,2,12,16H2,1H3,(H,32,34,41)/t23-/m0/s1. The molecular formula is C28H26Cl2N8O4. The molecule has 42 heavy (non-hydrogen) atoms. The average Bonchev–Trinajstić information content (AvgIpc) is 3.60. The maximum absolute atomic E-state index is 13.6. The van der Waals surface area contributed by atoms with Gasteiger partial charge in [-0.05, 0) is 30.7 Å². The quantitative estimate of drug-likeness (QED) is 0.182. The van der Waals surface area contributed by atoms with Gasteiger partial charge in [0.15, 0.2) is 5.82 Å². The monoisotopic (exact) mass is 608 g/mol. The van der Waals surface area contributed by atoms with Crippen molar-refractivity contribution in [1.29, 1.82) is 0 Å². The lowest BCUT2D eigenvalue weighted by Gasteiger charge is -2.21. The Morgan fingerprint density at radius 1 is 1.10 bits per heavy atom. The van der Waals surface area contributed by atoms with Crippen molar-refractivity contribution in [3.63, 3.8) is 0 Å². The Bertz CT molecular complexity index is 1690. The third-order valence-electron chi connectivity index (χ3n) is 6.27. The van der Waals surface area contributed by atoms with Crippen molar-refractivity contribution in [2.24, 2.45) is 0 Å². The summed E-state index contributed by atoms with van der Waals surface area (Å²) in [4.78, 5) is 43.4. The fourth-order valence-corrected chi connectivity index (χ4v) is 4.67. The summed E-state index contributed by atoms with van der Waals surface area (Å²) in [5.41, 5.74) is 7.63. The molecule has 0 bridgehead atoms. The fourth-order valence-electron chi connectivity index (χ4n) is 4.36. The molecule has 0 saturated carbocycles. The van der Waals surface area contributed by atoms with Gasteiger partial charge in [-0.25, -0.2) is 4.98 Å². The lowest BCUT2D eigenvalue weighted by molar-refractivity contribution is -0.144. The number of rotatable bonds is 10. The molecule has 0 unspecified atom stereocenters. The van der Waals surface area contributed by atoms with Crippen LogP contribution in [0.2, 0.25) is 5.02 Å². The van der Waals surface area contributed by atoms with Crippen LogP contribution in [0.4, 0.5) is 11.5 Å². The van der Waals surface area contributed by atoms with Crippen LogP contribution in [0.15, 0.2) is 89.3 Å². The van der Waals surface area contributed by atoms with E-state index in [1.165, 1.54) is 21.6 Å². The summed E-state index contributed by atoms with van der Waals surface area (Å²) >= 11 is 12.3. The van der Waals surface area contributed by atoms with Crippen molar-refractivity contribution in [2.75, 3.05) is 16.9 Å². The van der Waals surface area contributed by atoms with Gasteiger partial charge >= 0.3 is 5.97 Å². The highest BCUT2D eigenvalue weighted by Gasteiger charge is 2.25. The Morgan fingerprint density at radius 3 is 2.62 bits per heavy atom. The molecular weight excluding hydrogens is 583 g/mol. The predicted molar refractivity (Wildman–Crippen MR) is 158 cm³/mol. The van der Waals surface area contributed by atoms with E-state index >= 15 is 0 Å². The van der Waals surface area contributed by atoms with Crippen LogP contribution in [0.1, 0.15) is 18.5 Å². The van der Waals surface area contributed by atoms with Crippen LogP contribution >= 0.6 is 23.2 Å². The molecule has 1 amide bonds. The first kappa shape index (κ1) is 28.9. The van der Waals surface area contributed by atoms with E-state index in [9.17, 15) is 14.4 Å². The highest BCUT2D eigenvalue weighted by molar-refractivity contribution is 6.31. The van der Waals surface area contributed by atoms with Gasteiger partial charge in [0.25, 0.3) is 5.56 Å². The summed E-state index contributed by atoms with van der Waals surface area (Å²) in [6.45, 7) is 1.87. The van der Waals surface area contributed by atoms with Crippen LogP contribution in [0.5, 0.6) is 0 Å². The molecule has 0 aliphatic carbocycles. The van der Waals surface area contributed by atoms with Gasteiger partial charge in [-0.2, -0.15) is 5.10 Å². The third-order valence-corrected chi connectivity index (χ3v) is 6.69. The Hall–Kier alpha value is -4.65. The van der Waals surface area contributed by atoms with Crippen molar-refractivity contribution in [1.82, 2.24) is 30.3 Å². The van der Waals surface area contributed by atoms with Crippen LogP contribution in [-0.2, 0) is 27.3 Å². The molecule has 12 nitrogen and oxygen atoms in total. The molecule has 4 aromatic rings. The number of aromatic nitrogens is 4. The maximum atomic E-state index is 13.6. The number of carbonyl (C=O) groups excluding carboxylic acids is 2. The predicted octanol–water partition coefficient (Wildman–Crippen LogP) is 3.61. The number of anilines is 2. The van der Waals surface area contributed by atoms with E-state index in [2.05, 4.69) is 26.4 Å². The maximum Gasteiger partial charge on any atom is 0.327 e. The molecule has 0 fully saturated rings. The van der Waals surface area contributed by atoms with Crippen LogP contribution in [0.25, 0.3) is 11.3 Å². The zero-order chi connectivity index (χ0) is 29.6. The Kier molecular flexibility index (Phi) is 8.86. The Balaban J connectivity index is 1.44. The largest absolute Gasteiger partial charge is 0.465 e. The summed E-state index contributed by atoms with van der Waals surface area (Å²) in [6, 6.07) is 16.4. The Labute approximate surface area is 250 Å². The van der Waals surface area contributed by atoms with Gasteiger partial charge in [0, 0.05) is 35.3 Å². The molecule has 1 atom stereocenters. The number of benzene rings is 2. The number of nitrogens with zero attached hydrogens (tertiary/aromatic N) is 5. The molecule has 3 N–H and O–H groups in total. The Morgan fingerprint density at radius 2 is 1.90 bits per heavy atom. The van der Waals surface area contributed by atoms with E-state index in [4.69, 9.17) is 27.9 Å². The van der Waals surface area contributed by atoms with Crippen LogP contribution in [0.3, 0.4) is 0 Å². The van der Waals surface area contributed by atoms with E-state index in [1.807, 2.05) is 30.3 Å². The number of amides is 1. The van der Waals surface area contributed by atoms with Crippen molar-refractivity contribution in [3.8, 4) is 11.3 Å². The molecule has 1 aliphatic rings. The summed E-state index contributed by atoms with van der Waals surface area (Å²) in [5, 5.41) is 9.44. The molecule has 216 valence electrons. The summed E-state index contributed by atoms with van der Waals surface area (Å²) in [6.07, 6.45) is 4.74. The minimum atomic E-state index is -0.957. The highest BCUT2D eigenvalue weighted by Crippen LogP contribution is 2.32. The van der Waals surface area contributed by atoms with Gasteiger partial charge in [-0.15, -0.1) is 5.53 Å². The molecule has 3 heterocycles. The summed E-state index contributed by atoms with van der Waals surface area (Å²) < 4.78 is 7.58. The minimum Gasteiger partial charge on any atom is -0.465 e. The van der Waals surface area contributed by atoms with Gasteiger partial charge in [-0.3, -0.25) is 34.1 Å². The van der Waals surface area contributed by atoms with Crippen LogP contribution < -0.4 is 26.8 Å². The summed E-state index contributed by atoms with van der Waals surface area (Å²) in [5.74, 6) is -0.702. The minimum absolute atomic E-state index is 0.0987. The van der Waals surface area contributed by atoms with E-state index in [0.717, 1.165) is 5.56 Å². The topological polar surface area (TPSA) is 135 Å². The van der Waals surface area contributed by atoms with Crippen molar-refractivity contribution in [2.45, 2.75) is 25.9 Å². The lowest BCUT2D eigenvalue weighted by atomic mass is 10.0. The smallest absolute Gasteiger partial charge is 0.327 e. The fraction of sp³-hybridized carbons (Fsp3) is 0.179. The van der Waals surface area contributed by atoms with Gasteiger partial charge in [0.2, 0.25) is 5.91 Å². The van der Waals surface area contributed by atoms with Gasteiger partial charge < -0.3 is 10.1 Å². The molecule has 1 aliphatic heterocycles. The zero-order valence-electron chi connectivity index (χ0n) is 22.3. The number of carbonyl (C=O) groups is 2.